The van der Waals surface area contributed by atoms with Crippen molar-refractivity contribution in [3.05, 3.63) is 18.5 Å². The van der Waals surface area contributed by atoms with E-state index in [1.165, 1.54) is 0 Å². The quantitative estimate of drug-likeness (QED) is 0.750. The van der Waals surface area contributed by atoms with E-state index in [9.17, 15) is 4.79 Å². The van der Waals surface area contributed by atoms with Crippen LogP contribution in [0.5, 0.6) is 0 Å². The van der Waals surface area contributed by atoms with Gasteiger partial charge in [-0.1, -0.05) is 0 Å². The third kappa shape index (κ3) is 1.75. The summed E-state index contributed by atoms with van der Waals surface area (Å²) in [5.74, 6) is -0.0973. The Labute approximate surface area is 87.2 Å². The lowest BCUT2D eigenvalue weighted by Crippen LogP contribution is -2.36. The smallest absolute Gasteiger partial charge is 0.235 e. The molecule has 4 nitrogen and oxygen atoms in total. The largest absolute Gasteiger partial charge is 0.353 e. The zero-order chi connectivity index (χ0) is 10.0. The number of amides is 1. The summed E-state index contributed by atoms with van der Waals surface area (Å²) in [6, 6.07) is 1.89. The lowest BCUT2D eigenvalue weighted by atomic mass is 10.3. The standard InChI is InChI=1S/C9H12ClN3O/c10-6-8(14)11-7-9(2-3-9)13-5-1-4-12-13/h1,4-5H,2-3,6-7H2,(H,11,14). The monoisotopic (exact) mass is 213 g/mol. The third-order valence-electron chi connectivity index (χ3n) is 2.55. The number of carbonyl (C=O) groups excluding carboxylic acids is 1. The minimum absolute atomic E-state index is 0.0191. The van der Waals surface area contributed by atoms with E-state index in [0.29, 0.717) is 6.54 Å². The van der Waals surface area contributed by atoms with Crippen molar-refractivity contribution in [2.24, 2.45) is 0 Å². The highest BCUT2D eigenvalue weighted by Gasteiger charge is 2.45. The summed E-state index contributed by atoms with van der Waals surface area (Å²) in [6.45, 7) is 0.625. The molecule has 1 heterocycles. The fourth-order valence-electron chi connectivity index (χ4n) is 1.49. The van der Waals surface area contributed by atoms with Crippen LogP contribution in [0.4, 0.5) is 0 Å². The van der Waals surface area contributed by atoms with Crippen LogP contribution in [0.2, 0.25) is 0 Å². The zero-order valence-electron chi connectivity index (χ0n) is 7.74. The minimum atomic E-state index is -0.120. The van der Waals surface area contributed by atoms with E-state index >= 15 is 0 Å². The van der Waals surface area contributed by atoms with Gasteiger partial charge in [-0.3, -0.25) is 9.48 Å². The lowest BCUT2D eigenvalue weighted by molar-refractivity contribution is -0.118. The van der Waals surface area contributed by atoms with Crippen molar-refractivity contribution >= 4 is 17.5 Å². The molecule has 1 aromatic heterocycles. The molecule has 0 unspecified atom stereocenters. The molecule has 1 aliphatic carbocycles. The predicted molar refractivity (Wildman–Crippen MR) is 53.2 cm³/mol. The van der Waals surface area contributed by atoms with Crippen molar-refractivity contribution in [2.75, 3.05) is 12.4 Å². The first-order valence-electron chi connectivity index (χ1n) is 4.60. The molecular formula is C9H12ClN3O. The zero-order valence-corrected chi connectivity index (χ0v) is 8.50. The summed E-state index contributed by atoms with van der Waals surface area (Å²) in [4.78, 5) is 11.0. The van der Waals surface area contributed by atoms with Gasteiger partial charge in [0.25, 0.3) is 0 Å². The Kier molecular flexibility index (Phi) is 2.46. The molecule has 1 fully saturated rings. The highest BCUT2D eigenvalue weighted by atomic mass is 35.5. The number of alkyl halides is 1. The van der Waals surface area contributed by atoms with E-state index in [4.69, 9.17) is 11.6 Å². The van der Waals surface area contributed by atoms with E-state index in [1.807, 2.05) is 16.9 Å². The van der Waals surface area contributed by atoms with Crippen LogP contribution in [0, 0.1) is 0 Å². The lowest BCUT2D eigenvalue weighted by Gasteiger charge is -2.16. The van der Waals surface area contributed by atoms with Gasteiger partial charge in [-0.2, -0.15) is 5.10 Å². The van der Waals surface area contributed by atoms with Gasteiger partial charge in [0.2, 0.25) is 5.91 Å². The first-order valence-corrected chi connectivity index (χ1v) is 5.13. The Bertz CT molecular complexity index is 319. The van der Waals surface area contributed by atoms with Crippen molar-refractivity contribution in [1.29, 1.82) is 0 Å². The Hall–Kier alpha value is -1.03. The van der Waals surface area contributed by atoms with Crippen LogP contribution in [-0.2, 0) is 10.3 Å². The molecule has 1 N–H and O–H groups in total. The van der Waals surface area contributed by atoms with Gasteiger partial charge in [0, 0.05) is 18.9 Å². The van der Waals surface area contributed by atoms with Gasteiger partial charge in [-0.25, -0.2) is 0 Å². The molecule has 1 amide bonds. The van der Waals surface area contributed by atoms with Crippen molar-refractivity contribution in [3.63, 3.8) is 0 Å². The second-order valence-corrected chi connectivity index (χ2v) is 3.85. The normalized spacial score (nSPS) is 17.8. The molecule has 0 aromatic carbocycles. The number of hydrogen-bond donors (Lipinski definition) is 1. The predicted octanol–water partition coefficient (Wildman–Crippen LogP) is 0.727. The molecule has 2 rings (SSSR count). The van der Waals surface area contributed by atoms with Crippen LogP contribution in [0.25, 0.3) is 0 Å². The van der Waals surface area contributed by atoms with Crippen LogP contribution >= 0.6 is 11.6 Å². The Morgan fingerprint density at radius 3 is 2.93 bits per heavy atom. The molecular weight excluding hydrogens is 202 g/mol. The number of nitrogens with one attached hydrogen (secondary N) is 1. The molecule has 0 spiro atoms. The molecule has 0 radical (unpaired) electrons. The average molecular weight is 214 g/mol. The molecule has 0 bridgehead atoms. The molecule has 1 aliphatic rings. The summed E-state index contributed by atoms with van der Waals surface area (Å²) in [5.41, 5.74) is 0.0191. The van der Waals surface area contributed by atoms with Crippen molar-refractivity contribution in [2.45, 2.75) is 18.4 Å². The van der Waals surface area contributed by atoms with Crippen LogP contribution < -0.4 is 5.32 Å². The molecule has 5 heteroatoms. The topological polar surface area (TPSA) is 46.9 Å². The molecule has 0 atom stereocenters. The van der Waals surface area contributed by atoms with Gasteiger partial charge in [-0.15, -0.1) is 11.6 Å². The van der Waals surface area contributed by atoms with Crippen LogP contribution in [0.1, 0.15) is 12.8 Å². The SMILES string of the molecule is O=C(CCl)NCC1(n2cccn2)CC1. The number of aromatic nitrogens is 2. The second-order valence-electron chi connectivity index (χ2n) is 3.59. The fourth-order valence-corrected chi connectivity index (χ4v) is 1.59. The van der Waals surface area contributed by atoms with E-state index < -0.39 is 0 Å². The summed E-state index contributed by atoms with van der Waals surface area (Å²) in [6.07, 6.45) is 5.82. The summed E-state index contributed by atoms with van der Waals surface area (Å²) < 4.78 is 1.92. The van der Waals surface area contributed by atoms with Crippen LogP contribution in [0.3, 0.4) is 0 Å². The van der Waals surface area contributed by atoms with Crippen molar-refractivity contribution in [1.82, 2.24) is 15.1 Å². The summed E-state index contributed by atoms with van der Waals surface area (Å²) in [5, 5.41) is 6.98. The first-order chi connectivity index (χ1) is 6.77. The van der Waals surface area contributed by atoms with Crippen molar-refractivity contribution < 1.29 is 4.79 Å². The third-order valence-corrected chi connectivity index (χ3v) is 2.80. The maximum absolute atomic E-state index is 11.0. The molecule has 0 aliphatic heterocycles. The average Bonchev–Trinajstić information content (AvgIpc) is 2.79. The van der Waals surface area contributed by atoms with Crippen LogP contribution in [0.15, 0.2) is 18.5 Å². The summed E-state index contributed by atoms with van der Waals surface area (Å²) in [7, 11) is 0. The number of carbonyl (C=O) groups is 1. The highest BCUT2D eigenvalue weighted by Crippen LogP contribution is 2.42. The van der Waals surface area contributed by atoms with Gasteiger partial charge in [0.1, 0.15) is 5.88 Å². The van der Waals surface area contributed by atoms with E-state index in [-0.39, 0.29) is 17.3 Å². The second kappa shape index (κ2) is 3.61. The number of rotatable bonds is 4. The van der Waals surface area contributed by atoms with Crippen LogP contribution in [-0.4, -0.2) is 28.1 Å². The Morgan fingerprint density at radius 1 is 1.64 bits per heavy atom. The number of hydrogen-bond acceptors (Lipinski definition) is 2. The maximum atomic E-state index is 11.0. The Balaban J connectivity index is 1.94. The van der Waals surface area contributed by atoms with Gasteiger partial charge in [0.15, 0.2) is 0 Å². The van der Waals surface area contributed by atoms with E-state index in [2.05, 4.69) is 10.4 Å². The number of nitrogens with zero attached hydrogens (tertiary/aromatic N) is 2. The molecule has 76 valence electrons. The highest BCUT2D eigenvalue weighted by molar-refractivity contribution is 6.27. The van der Waals surface area contributed by atoms with Gasteiger partial charge in [0.05, 0.1) is 5.54 Å². The van der Waals surface area contributed by atoms with Gasteiger partial charge >= 0.3 is 0 Å². The molecule has 1 aromatic rings. The fraction of sp³-hybridized carbons (Fsp3) is 0.556. The first kappa shape index (κ1) is 9.52. The number of halogens is 1. The van der Waals surface area contributed by atoms with E-state index in [0.717, 1.165) is 12.8 Å². The maximum Gasteiger partial charge on any atom is 0.235 e. The van der Waals surface area contributed by atoms with Crippen molar-refractivity contribution in [3.8, 4) is 0 Å². The summed E-state index contributed by atoms with van der Waals surface area (Å²) >= 11 is 5.39. The Morgan fingerprint density at radius 2 is 2.43 bits per heavy atom. The van der Waals surface area contributed by atoms with Gasteiger partial charge in [-0.05, 0) is 18.9 Å². The molecule has 0 saturated heterocycles. The molecule has 14 heavy (non-hydrogen) atoms. The minimum Gasteiger partial charge on any atom is -0.353 e. The molecule has 1 saturated carbocycles. The van der Waals surface area contributed by atoms with E-state index in [1.54, 1.807) is 6.20 Å². The van der Waals surface area contributed by atoms with Gasteiger partial charge < -0.3 is 5.32 Å².